The lowest BCUT2D eigenvalue weighted by atomic mass is 10.0. The zero-order valence-corrected chi connectivity index (χ0v) is 39.9. The Morgan fingerprint density at radius 1 is 1.03 bits per heavy atom. The molecule has 0 spiro atoms. The number of nitrogens with one attached hydrogen (secondary N) is 5. The zero-order valence-electron chi connectivity index (χ0n) is 39.9. The summed E-state index contributed by atoms with van der Waals surface area (Å²) in [6, 6.07) is 4.57. The van der Waals surface area contributed by atoms with Crippen molar-refractivity contribution < 1.29 is 50.8 Å². The van der Waals surface area contributed by atoms with Gasteiger partial charge >= 0.3 is 12.5 Å². The molecule has 72 heavy (non-hydrogen) atoms. The molecule has 7 atom stereocenters. The molecule has 1 unspecified atom stereocenters. The Bertz CT molecular complexity index is 3110. The number of H-pyrrole nitrogens is 1. The minimum Gasteiger partial charge on any atom is -0.441 e. The maximum absolute atomic E-state index is 15.9. The van der Waals surface area contributed by atoms with Gasteiger partial charge in [-0.15, -0.1) is 13.2 Å². The van der Waals surface area contributed by atoms with E-state index >= 15 is 8.78 Å². The van der Waals surface area contributed by atoms with Crippen LogP contribution in [0.2, 0.25) is 0 Å². The number of fused-ring (bicyclic) bond motifs is 2. The summed E-state index contributed by atoms with van der Waals surface area (Å²) in [6.07, 6.45) is -5.17. The Morgan fingerprint density at radius 3 is 2.54 bits per heavy atom. The number of alkyl carbamates (subject to hydrolysis) is 1. The summed E-state index contributed by atoms with van der Waals surface area (Å²) in [5.74, 6) is 0.424. The number of rotatable bonds is 17. The van der Waals surface area contributed by atoms with Crippen molar-refractivity contribution in [3.63, 3.8) is 0 Å². The number of anilines is 4. The van der Waals surface area contributed by atoms with E-state index in [-0.39, 0.29) is 66.4 Å². The van der Waals surface area contributed by atoms with Crippen LogP contribution < -0.4 is 21.3 Å². The van der Waals surface area contributed by atoms with Crippen LogP contribution >= 0.6 is 0 Å². The third-order valence-electron chi connectivity index (χ3n) is 13.1. The Labute approximate surface area is 407 Å². The summed E-state index contributed by atoms with van der Waals surface area (Å²) in [5, 5.41) is 39.0. The van der Waals surface area contributed by atoms with E-state index in [1.807, 2.05) is 27.8 Å². The van der Waals surface area contributed by atoms with Crippen molar-refractivity contribution in [1.82, 2.24) is 69.1 Å². The number of alkyl halides is 5. The van der Waals surface area contributed by atoms with Gasteiger partial charge in [0.25, 0.3) is 0 Å². The molecule has 2 saturated carbocycles. The fourth-order valence-corrected chi connectivity index (χ4v) is 9.10. The topological polar surface area (TPSA) is 247 Å². The van der Waals surface area contributed by atoms with Gasteiger partial charge in [-0.05, 0) is 60.3 Å². The van der Waals surface area contributed by atoms with Crippen LogP contribution in [0.25, 0.3) is 22.4 Å². The largest absolute Gasteiger partial charge is 0.522 e. The van der Waals surface area contributed by atoms with E-state index in [1.165, 1.54) is 16.7 Å². The van der Waals surface area contributed by atoms with Crippen molar-refractivity contribution in [2.75, 3.05) is 17.2 Å². The Morgan fingerprint density at radius 2 is 1.81 bits per heavy atom. The molecule has 2 aliphatic carbocycles. The highest BCUT2D eigenvalue weighted by molar-refractivity contribution is 5.82. The zero-order chi connectivity index (χ0) is 50.8. The first-order chi connectivity index (χ1) is 34.3. The molecule has 3 aliphatic rings. The van der Waals surface area contributed by atoms with Crippen LogP contribution in [-0.4, -0.2) is 125 Å². The minimum absolute atomic E-state index is 0.0358. The number of aliphatic hydroxyl groups excluding tert-OH is 1. The highest BCUT2D eigenvalue weighted by Gasteiger charge is 2.44. The number of hydrogen-bond donors (Lipinski definition) is 6. The highest BCUT2D eigenvalue weighted by atomic mass is 19.4. The lowest BCUT2D eigenvalue weighted by Gasteiger charge is -2.23. The molecule has 10 rings (SSSR count). The van der Waals surface area contributed by atoms with E-state index in [9.17, 15) is 23.1 Å². The Balaban J connectivity index is 0.973. The molecular formula is C45H53F5N16O6. The summed E-state index contributed by atoms with van der Waals surface area (Å²) in [6.45, 7) is 8.07. The number of ether oxygens (including phenoxy) is 4. The monoisotopic (exact) mass is 1010 g/mol. The van der Waals surface area contributed by atoms with E-state index in [4.69, 9.17) is 29.3 Å². The van der Waals surface area contributed by atoms with E-state index in [0.717, 1.165) is 29.7 Å². The van der Waals surface area contributed by atoms with Gasteiger partial charge < -0.3 is 35.3 Å². The van der Waals surface area contributed by atoms with Gasteiger partial charge in [-0.2, -0.15) is 15.3 Å². The third-order valence-corrected chi connectivity index (χ3v) is 13.1. The van der Waals surface area contributed by atoms with Crippen molar-refractivity contribution in [3.05, 3.63) is 77.2 Å². The second-order valence-electron chi connectivity index (χ2n) is 19.0. The van der Waals surface area contributed by atoms with Crippen LogP contribution in [0.15, 0.2) is 43.0 Å². The van der Waals surface area contributed by atoms with Crippen LogP contribution in [-0.2, 0) is 39.1 Å². The first-order valence-electron chi connectivity index (χ1n) is 23.3. The molecule has 384 valence electrons. The van der Waals surface area contributed by atoms with Crippen LogP contribution in [0, 0.1) is 13.8 Å². The Kier molecular flexibility index (Phi) is 12.9. The maximum atomic E-state index is 15.9. The van der Waals surface area contributed by atoms with Crippen molar-refractivity contribution in [2.45, 2.75) is 134 Å². The molecule has 8 heterocycles. The lowest BCUT2D eigenvalue weighted by Crippen LogP contribution is -2.42. The smallest absolute Gasteiger partial charge is 0.441 e. The lowest BCUT2D eigenvalue weighted by molar-refractivity contribution is -0.330. The number of halogens is 5. The number of imidazole rings is 2. The fraction of sp³-hybridized carbons (Fsp3) is 0.511. The molecule has 3 fully saturated rings. The third kappa shape index (κ3) is 10.3. The number of aryl methyl sites for hydroxylation is 2. The SMILES string of the molecule is Cc1nc(Nc2cc([C@H]3C[C@@H](F)[C@@H](OC(O)NC4(C)CC4)C3)n(Cc3cc4nc(COC(F)(F)F)cn4c(Nc4cc([C@@H]5OC[C@H](OC(=O)NC(C)C)[C@H]5F)[nH]n4)n3)n2)n2ccnc2c1-c1cnn(C)c1C. The van der Waals surface area contributed by atoms with Crippen molar-refractivity contribution in [3.8, 4) is 11.1 Å². The van der Waals surface area contributed by atoms with Crippen LogP contribution in [0.1, 0.15) is 92.6 Å². The molecule has 0 radical (unpaired) electrons. The van der Waals surface area contributed by atoms with Crippen molar-refractivity contribution >= 4 is 40.9 Å². The maximum Gasteiger partial charge on any atom is 0.522 e. The number of aromatic amines is 1. The summed E-state index contributed by atoms with van der Waals surface area (Å²) in [7, 11) is 1.85. The van der Waals surface area contributed by atoms with Crippen LogP contribution in [0.4, 0.5) is 50.3 Å². The second kappa shape index (κ2) is 19.0. The van der Waals surface area contributed by atoms with E-state index in [1.54, 1.807) is 58.3 Å². The van der Waals surface area contributed by atoms with Gasteiger partial charge in [0.1, 0.15) is 23.6 Å². The summed E-state index contributed by atoms with van der Waals surface area (Å²) in [5.41, 5.74) is 4.80. The molecule has 6 N–H and O–H groups in total. The minimum atomic E-state index is -4.93. The molecule has 22 nitrogen and oxygen atoms in total. The van der Waals surface area contributed by atoms with E-state index in [2.05, 4.69) is 51.3 Å². The highest BCUT2D eigenvalue weighted by Crippen LogP contribution is 2.41. The van der Waals surface area contributed by atoms with Crippen LogP contribution in [0.3, 0.4) is 0 Å². The quantitative estimate of drug-likeness (QED) is 0.0438. The van der Waals surface area contributed by atoms with Gasteiger partial charge in [0.2, 0.25) is 18.3 Å². The van der Waals surface area contributed by atoms with Gasteiger partial charge in [0, 0.05) is 83.9 Å². The first kappa shape index (κ1) is 48.8. The number of aliphatic hydroxyl groups is 1. The summed E-state index contributed by atoms with van der Waals surface area (Å²) < 4.78 is 98.6. The number of carbonyl (C=O) groups is 1. The van der Waals surface area contributed by atoms with Gasteiger partial charge in [-0.25, -0.2) is 33.5 Å². The molecule has 27 heteroatoms. The predicted octanol–water partition coefficient (Wildman–Crippen LogP) is 6.21. The van der Waals surface area contributed by atoms with E-state index < -0.39 is 62.0 Å². The van der Waals surface area contributed by atoms with Gasteiger partial charge in [0.15, 0.2) is 23.9 Å². The average molecular weight is 1010 g/mol. The average Bonchev–Trinajstić information content (AvgIpc) is 4.08. The standard InChI is InChI=1S/C45H53F5N16O6/c1-21(2)53-42(67)72-32-20-69-38(37(32)47)29-14-33(61-60-29)57-41-56-25(13-35-55-26(17-65(35)41)19-70-45(48,49)50)18-66-30(24-11-28(46)31(12-24)71-43(68)59-44(5)7-8-44)15-34(62-66)58-40-54-22(3)36(39-51-9-10-64(39)40)27-16-52-63(6)23(27)4/h9-10,13-17,21,24,28,31-32,37-38,43,59,68H,7-8,11-12,18-20H2,1-6H3,(H,53,67)(H,54,58,62)(H2,56,57,60,61)/t24-,28+,31-,32-,37+,38-,43?/m0/s1. The summed E-state index contributed by atoms with van der Waals surface area (Å²) >= 11 is 0. The van der Waals surface area contributed by atoms with Gasteiger partial charge in [0.05, 0.1) is 54.8 Å². The van der Waals surface area contributed by atoms with E-state index in [0.29, 0.717) is 34.5 Å². The molecule has 1 amide bonds. The van der Waals surface area contributed by atoms with Crippen molar-refractivity contribution in [1.29, 1.82) is 0 Å². The number of amides is 1. The van der Waals surface area contributed by atoms with Gasteiger partial charge in [-0.1, -0.05) is 0 Å². The molecule has 0 aromatic carbocycles. The summed E-state index contributed by atoms with van der Waals surface area (Å²) in [4.78, 5) is 31.0. The van der Waals surface area contributed by atoms with Crippen LogP contribution in [0.5, 0.6) is 0 Å². The number of nitrogens with zero attached hydrogens (tertiary/aromatic N) is 11. The first-order valence-corrected chi connectivity index (χ1v) is 23.3. The Hall–Kier alpha value is -6.81. The van der Waals surface area contributed by atoms with Gasteiger partial charge in [-0.3, -0.25) is 33.3 Å². The normalized spacial score (nSPS) is 22.3. The molecular weight excluding hydrogens is 956 g/mol. The number of hydrogen-bond acceptors (Lipinski definition) is 16. The molecule has 1 aliphatic heterocycles. The second-order valence-corrected chi connectivity index (χ2v) is 19.0. The molecule has 7 aromatic rings. The molecule has 7 aromatic heterocycles. The number of aromatic nitrogens is 12. The molecule has 1 saturated heterocycles. The van der Waals surface area contributed by atoms with Crippen molar-refractivity contribution in [2.24, 2.45) is 7.05 Å². The fourth-order valence-electron chi connectivity index (χ4n) is 9.10. The number of carbonyl (C=O) groups excluding carboxylic acids is 1. The predicted molar refractivity (Wildman–Crippen MR) is 246 cm³/mol. The molecule has 0 bridgehead atoms.